The molecule has 2 heterocycles. The van der Waals surface area contributed by atoms with Crippen LogP contribution in [0.2, 0.25) is 0 Å². The first-order chi connectivity index (χ1) is 12.3. The van der Waals surface area contributed by atoms with Crippen LogP contribution in [-0.2, 0) is 6.18 Å². The molecule has 140 valence electrons. The highest BCUT2D eigenvalue weighted by atomic mass is 35.5. The highest BCUT2D eigenvalue weighted by Gasteiger charge is 2.35. The van der Waals surface area contributed by atoms with Crippen LogP contribution >= 0.6 is 23.4 Å². The summed E-state index contributed by atoms with van der Waals surface area (Å²) in [6, 6.07) is 11.8. The summed E-state index contributed by atoms with van der Waals surface area (Å²) in [5, 5.41) is 3.22. The summed E-state index contributed by atoms with van der Waals surface area (Å²) in [7, 11) is 0. The number of benzene rings is 1. The Labute approximate surface area is 159 Å². The summed E-state index contributed by atoms with van der Waals surface area (Å²) < 4.78 is 39.6. The summed E-state index contributed by atoms with van der Waals surface area (Å²) in [5.74, 6) is 0.547. The molecule has 3 rings (SSSR count). The van der Waals surface area contributed by atoms with E-state index < -0.39 is 16.4 Å². The Kier molecular flexibility index (Phi) is 5.99. The molecule has 1 fully saturated rings. The number of aromatic nitrogens is 1. The molecular formula is C18H19ClF3N3S. The summed E-state index contributed by atoms with van der Waals surface area (Å²) in [6.45, 7) is 4.21. The quantitative estimate of drug-likeness (QED) is 0.581. The van der Waals surface area contributed by atoms with Gasteiger partial charge in [0.15, 0.2) is 0 Å². The Bertz CT molecular complexity index is 742. The Morgan fingerprint density at radius 2 is 1.96 bits per heavy atom. The number of hydrogen-bond acceptors (Lipinski definition) is 4. The van der Waals surface area contributed by atoms with Crippen LogP contribution in [0.15, 0.2) is 47.5 Å². The zero-order valence-electron chi connectivity index (χ0n) is 14.1. The van der Waals surface area contributed by atoms with Gasteiger partial charge in [0.25, 0.3) is 0 Å². The molecule has 1 unspecified atom stereocenters. The highest BCUT2D eigenvalue weighted by molar-refractivity contribution is 8.00. The minimum Gasteiger partial charge on any atom is -0.354 e. The normalized spacial score (nSPS) is 19.4. The van der Waals surface area contributed by atoms with E-state index in [9.17, 15) is 13.2 Å². The molecule has 0 aliphatic carbocycles. The number of nitrogens with zero attached hydrogens (tertiary/aromatic N) is 2. The fourth-order valence-corrected chi connectivity index (χ4v) is 4.17. The van der Waals surface area contributed by atoms with Crippen LogP contribution < -0.4 is 10.2 Å². The number of pyridine rings is 1. The molecule has 0 amide bonds. The van der Waals surface area contributed by atoms with Crippen molar-refractivity contribution in [3.8, 4) is 0 Å². The van der Waals surface area contributed by atoms with Crippen LogP contribution in [0.5, 0.6) is 0 Å². The predicted octanol–water partition coefficient (Wildman–Crippen LogP) is 4.93. The van der Waals surface area contributed by atoms with E-state index in [0.29, 0.717) is 18.9 Å². The van der Waals surface area contributed by atoms with Crippen LogP contribution in [0.25, 0.3) is 0 Å². The molecule has 26 heavy (non-hydrogen) atoms. The van der Waals surface area contributed by atoms with Gasteiger partial charge >= 0.3 is 6.18 Å². The third-order valence-electron chi connectivity index (χ3n) is 4.12. The van der Waals surface area contributed by atoms with Gasteiger partial charge in [-0.25, -0.2) is 4.98 Å². The lowest BCUT2D eigenvalue weighted by molar-refractivity contribution is -0.140. The summed E-state index contributed by atoms with van der Waals surface area (Å²) in [4.78, 5) is 6.32. The Morgan fingerprint density at radius 1 is 1.23 bits per heavy atom. The third-order valence-corrected chi connectivity index (χ3v) is 5.65. The van der Waals surface area contributed by atoms with Gasteiger partial charge in [0.1, 0.15) is 15.6 Å². The van der Waals surface area contributed by atoms with Gasteiger partial charge in [0, 0.05) is 25.7 Å². The number of thioether (sulfide) groups is 1. The van der Waals surface area contributed by atoms with E-state index in [1.54, 1.807) is 12.1 Å². The van der Waals surface area contributed by atoms with E-state index in [0.717, 1.165) is 29.9 Å². The van der Waals surface area contributed by atoms with Crippen molar-refractivity contribution in [1.82, 2.24) is 10.3 Å². The smallest absolute Gasteiger partial charge is 0.354 e. The summed E-state index contributed by atoms with van der Waals surface area (Å²) >= 11 is 7.28. The molecule has 1 saturated heterocycles. The second-order valence-corrected chi connectivity index (χ2v) is 7.95. The van der Waals surface area contributed by atoms with E-state index in [1.807, 2.05) is 30.0 Å². The van der Waals surface area contributed by atoms with Crippen molar-refractivity contribution in [1.29, 1.82) is 0 Å². The topological polar surface area (TPSA) is 28.2 Å². The van der Waals surface area contributed by atoms with Gasteiger partial charge in [-0.2, -0.15) is 13.2 Å². The first kappa shape index (κ1) is 19.3. The minimum atomic E-state index is -4.47. The molecule has 0 radical (unpaired) electrons. The zero-order chi connectivity index (χ0) is 18.7. The molecule has 0 saturated carbocycles. The van der Waals surface area contributed by atoms with Crippen molar-refractivity contribution in [2.75, 3.05) is 24.5 Å². The molecule has 0 spiro atoms. The lowest BCUT2D eigenvalue weighted by atomic mass is 10.2. The van der Waals surface area contributed by atoms with Crippen LogP contribution in [0.3, 0.4) is 0 Å². The van der Waals surface area contributed by atoms with E-state index in [-0.39, 0.29) is 11.1 Å². The molecule has 8 heteroatoms. The molecule has 0 bridgehead atoms. The molecule has 2 aromatic rings. The van der Waals surface area contributed by atoms with Crippen LogP contribution in [-0.4, -0.2) is 30.7 Å². The average molecular weight is 402 g/mol. The average Bonchev–Trinajstić information content (AvgIpc) is 2.61. The maximum atomic E-state index is 13.4. The fraction of sp³-hybridized carbons (Fsp3) is 0.389. The zero-order valence-corrected chi connectivity index (χ0v) is 15.7. The van der Waals surface area contributed by atoms with Crippen molar-refractivity contribution in [3.05, 3.63) is 53.6 Å². The lowest BCUT2D eigenvalue weighted by Gasteiger charge is -2.33. The number of halogens is 4. The molecule has 1 aromatic carbocycles. The maximum Gasteiger partial charge on any atom is 0.419 e. The van der Waals surface area contributed by atoms with E-state index in [2.05, 4.69) is 10.3 Å². The SMILES string of the molecule is C[C@H]1CN(c2ccc(C(F)(F)F)c(SC(Cl)c3ccccc3)n2)CCN1. The Balaban J connectivity index is 1.91. The van der Waals surface area contributed by atoms with Crippen molar-refractivity contribution >= 4 is 29.2 Å². The molecule has 1 aliphatic heterocycles. The molecule has 1 aromatic heterocycles. The van der Waals surface area contributed by atoms with Gasteiger partial charge in [-0.3, -0.25) is 0 Å². The first-order valence-electron chi connectivity index (χ1n) is 8.27. The van der Waals surface area contributed by atoms with Crippen molar-refractivity contribution < 1.29 is 13.2 Å². The van der Waals surface area contributed by atoms with E-state index in [4.69, 9.17) is 11.6 Å². The minimum absolute atomic E-state index is 0.0926. The second kappa shape index (κ2) is 8.06. The van der Waals surface area contributed by atoms with Crippen LogP contribution in [0.4, 0.5) is 19.0 Å². The molecule has 3 nitrogen and oxygen atoms in total. The van der Waals surface area contributed by atoms with Gasteiger partial charge in [-0.15, -0.1) is 11.6 Å². The molecular weight excluding hydrogens is 383 g/mol. The van der Waals surface area contributed by atoms with Gasteiger partial charge in [0.05, 0.1) is 5.56 Å². The molecule has 2 atom stereocenters. The third kappa shape index (κ3) is 4.64. The first-order valence-corrected chi connectivity index (χ1v) is 9.58. The molecule has 1 N–H and O–H groups in total. The highest BCUT2D eigenvalue weighted by Crippen LogP contribution is 2.44. The molecule has 1 aliphatic rings. The van der Waals surface area contributed by atoms with Gasteiger partial charge < -0.3 is 10.2 Å². The van der Waals surface area contributed by atoms with Crippen molar-refractivity contribution in [3.63, 3.8) is 0 Å². The maximum absolute atomic E-state index is 13.4. The number of nitrogens with one attached hydrogen (secondary N) is 1. The fourth-order valence-electron chi connectivity index (χ4n) is 2.82. The van der Waals surface area contributed by atoms with E-state index >= 15 is 0 Å². The second-order valence-electron chi connectivity index (χ2n) is 6.17. The monoisotopic (exact) mass is 401 g/mol. The standard InChI is InChI=1S/C18H19ClF3N3S/c1-12-11-25(10-9-23-12)15-8-7-14(18(20,21)22)17(24-15)26-16(19)13-5-3-2-4-6-13/h2-8,12,16,23H,9-11H2,1H3/t12-,16?/m0/s1. The number of alkyl halides is 4. The van der Waals surface area contributed by atoms with Gasteiger partial charge in [-0.1, -0.05) is 42.1 Å². The van der Waals surface area contributed by atoms with Gasteiger partial charge in [-0.05, 0) is 24.6 Å². The number of hydrogen-bond donors (Lipinski definition) is 1. The summed E-state index contributed by atoms with van der Waals surface area (Å²) in [5.41, 5.74) is -0.00805. The largest absolute Gasteiger partial charge is 0.419 e. The summed E-state index contributed by atoms with van der Waals surface area (Å²) in [6.07, 6.45) is -4.47. The predicted molar refractivity (Wildman–Crippen MR) is 99.8 cm³/mol. The van der Waals surface area contributed by atoms with Gasteiger partial charge in [0.2, 0.25) is 0 Å². The number of rotatable bonds is 4. The number of anilines is 1. The Hall–Kier alpha value is -1.44. The van der Waals surface area contributed by atoms with Crippen LogP contribution in [0, 0.1) is 0 Å². The van der Waals surface area contributed by atoms with Crippen molar-refractivity contribution in [2.45, 2.75) is 28.9 Å². The van der Waals surface area contributed by atoms with E-state index in [1.165, 1.54) is 6.07 Å². The van der Waals surface area contributed by atoms with Crippen LogP contribution in [0.1, 0.15) is 22.8 Å². The number of piperazine rings is 1. The Morgan fingerprint density at radius 3 is 2.62 bits per heavy atom. The lowest BCUT2D eigenvalue weighted by Crippen LogP contribution is -2.49. The van der Waals surface area contributed by atoms with Crippen molar-refractivity contribution in [2.24, 2.45) is 0 Å².